The van der Waals surface area contributed by atoms with Crippen LogP contribution < -0.4 is 0 Å². The number of hydrogen-bond acceptors (Lipinski definition) is 1. The maximum Gasteiger partial charge on any atom is 0.0583 e. The Kier molecular flexibility index (Phi) is 3.24. The first-order valence-electron chi connectivity index (χ1n) is 5.16. The van der Waals surface area contributed by atoms with Crippen LogP contribution >= 0.6 is 15.9 Å². The standard InChI is InChI=1S/C12H15BrO/c13-11-3-1-2-10(6-11)8-12(14)7-9-4-5-9/h1-3,6,9,12,14H,4-5,7-8H2. The molecular weight excluding hydrogens is 240 g/mol. The van der Waals surface area contributed by atoms with Crippen molar-refractivity contribution in [3.8, 4) is 0 Å². The molecule has 1 nitrogen and oxygen atoms in total. The van der Waals surface area contributed by atoms with Gasteiger partial charge in [0, 0.05) is 4.47 Å². The summed E-state index contributed by atoms with van der Waals surface area (Å²) in [7, 11) is 0. The quantitative estimate of drug-likeness (QED) is 0.876. The second-order valence-corrected chi connectivity index (χ2v) is 5.08. The van der Waals surface area contributed by atoms with E-state index in [1.807, 2.05) is 12.1 Å². The summed E-state index contributed by atoms with van der Waals surface area (Å²) < 4.78 is 1.09. The molecule has 76 valence electrons. The Balaban J connectivity index is 1.88. The molecule has 1 aliphatic carbocycles. The summed E-state index contributed by atoms with van der Waals surface area (Å²) in [6, 6.07) is 8.18. The van der Waals surface area contributed by atoms with E-state index < -0.39 is 0 Å². The van der Waals surface area contributed by atoms with E-state index in [-0.39, 0.29) is 6.10 Å². The van der Waals surface area contributed by atoms with Crippen molar-refractivity contribution in [2.45, 2.75) is 31.8 Å². The van der Waals surface area contributed by atoms with Crippen molar-refractivity contribution in [3.05, 3.63) is 34.3 Å². The molecule has 1 aromatic carbocycles. The predicted molar refractivity (Wildman–Crippen MR) is 61.2 cm³/mol. The minimum absolute atomic E-state index is 0.156. The lowest BCUT2D eigenvalue weighted by Crippen LogP contribution is -2.11. The van der Waals surface area contributed by atoms with E-state index in [1.165, 1.54) is 18.4 Å². The lowest BCUT2D eigenvalue weighted by atomic mass is 10.0. The van der Waals surface area contributed by atoms with Crippen molar-refractivity contribution in [1.29, 1.82) is 0 Å². The second-order valence-electron chi connectivity index (χ2n) is 4.17. The van der Waals surface area contributed by atoms with Crippen LogP contribution in [-0.2, 0) is 6.42 Å². The molecule has 0 aliphatic heterocycles. The highest BCUT2D eigenvalue weighted by Crippen LogP contribution is 2.34. The summed E-state index contributed by atoms with van der Waals surface area (Å²) >= 11 is 3.43. The minimum atomic E-state index is -0.156. The molecular formula is C12H15BrO. The molecule has 1 aliphatic rings. The Morgan fingerprint density at radius 2 is 2.21 bits per heavy atom. The summed E-state index contributed by atoms with van der Waals surface area (Å²) in [4.78, 5) is 0. The predicted octanol–water partition coefficient (Wildman–Crippen LogP) is 3.15. The van der Waals surface area contributed by atoms with E-state index in [0.717, 1.165) is 23.2 Å². The van der Waals surface area contributed by atoms with Gasteiger partial charge in [0.05, 0.1) is 6.10 Å². The molecule has 2 rings (SSSR count). The summed E-state index contributed by atoms with van der Waals surface area (Å²) in [5, 5.41) is 9.79. The van der Waals surface area contributed by atoms with Crippen molar-refractivity contribution in [2.75, 3.05) is 0 Å². The molecule has 14 heavy (non-hydrogen) atoms. The van der Waals surface area contributed by atoms with Gasteiger partial charge in [-0.25, -0.2) is 0 Å². The average Bonchev–Trinajstić information content (AvgIpc) is 2.87. The van der Waals surface area contributed by atoms with Crippen LogP contribution in [0.15, 0.2) is 28.7 Å². The molecule has 0 saturated heterocycles. The van der Waals surface area contributed by atoms with Crippen molar-refractivity contribution < 1.29 is 5.11 Å². The molecule has 0 bridgehead atoms. The molecule has 0 spiro atoms. The van der Waals surface area contributed by atoms with Crippen molar-refractivity contribution in [3.63, 3.8) is 0 Å². The first-order chi connectivity index (χ1) is 6.74. The Labute approximate surface area is 93.3 Å². The van der Waals surface area contributed by atoms with Gasteiger partial charge in [0.15, 0.2) is 0 Å². The summed E-state index contributed by atoms with van der Waals surface area (Å²) in [5.41, 5.74) is 1.22. The fourth-order valence-electron chi connectivity index (χ4n) is 1.76. The first kappa shape index (κ1) is 10.2. The molecule has 0 radical (unpaired) electrons. The number of rotatable bonds is 4. The number of hydrogen-bond donors (Lipinski definition) is 1. The van der Waals surface area contributed by atoms with E-state index in [2.05, 4.69) is 28.1 Å². The maximum atomic E-state index is 9.79. The van der Waals surface area contributed by atoms with Crippen LogP contribution in [0.3, 0.4) is 0 Å². The number of aliphatic hydroxyl groups is 1. The largest absolute Gasteiger partial charge is 0.393 e. The topological polar surface area (TPSA) is 20.2 Å². The lowest BCUT2D eigenvalue weighted by molar-refractivity contribution is 0.158. The Bertz CT molecular complexity index is 307. The van der Waals surface area contributed by atoms with Crippen LogP contribution in [0.1, 0.15) is 24.8 Å². The number of benzene rings is 1. The molecule has 1 saturated carbocycles. The van der Waals surface area contributed by atoms with E-state index >= 15 is 0 Å². The van der Waals surface area contributed by atoms with E-state index in [9.17, 15) is 5.11 Å². The van der Waals surface area contributed by atoms with E-state index in [4.69, 9.17) is 0 Å². The third-order valence-corrected chi connectivity index (χ3v) is 3.16. The van der Waals surface area contributed by atoms with Gasteiger partial charge in [-0.05, 0) is 36.5 Å². The summed E-state index contributed by atoms with van der Waals surface area (Å²) in [6.07, 6.45) is 4.24. The van der Waals surface area contributed by atoms with Crippen LogP contribution in [0.25, 0.3) is 0 Å². The molecule has 1 unspecified atom stereocenters. The van der Waals surface area contributed by atoms with Crippen molar-refractivity contribution >= 4 is 15.9 Å². The molecule has 1 fully saturated rings. The first-order valence-corrected chi connectivity index (χ1v) is 5.96. The molecule has 1 N–H and O–H groups in total. The molecule has 0 heterocycles. The number of halogens is 1. The maximum absolute atomic E-state index is 9.79. The van der Waals surface area contributed by atoms with Crippen LogP contribution in [0.2, 0.25) is 0 Å². The van der Waals surface area contributed by atoms with Gasteiger partial charge < -0.3 is 5.11 Å². The van der Waals surface area contributed by atoms with Gasteiger partial charge in [-0.15, -0.1) is 0 Å². The highest BCUT2D eigenvalue weighted by Gasteiger charge is 2.24. The number of aliphatic hydroxyl groups excluding tert-OH is 1. The minimum Gasteiger partial charge on any atom is -0.393 e. The average molecular weight is 255 g/mol. The van der Waals surface area contributed by atoms with Gasteiger partial charge in [0.2, 0.25) is 0 Å². The molecule has 1 aromatic rings. The van der Waals surface area contributed by atoms with Crippen molar-refractivity contribution in [1.82, 2.24) is 0 Å². The van der Waals surface area contributed by atoms with Gasteiger partial charge in [0.25, 0.3) is 0 Å². The van der Waals surface area contributed by atoms with E-state index in [1.54, 1.807) is 0 Å². The molecule has 1 atom stereocenters. The fourth-order valence-corrected chi connectivity index (χ4v) is 2.20. The highest BCUT2D eigenvalue weighted by atomic mass is 79.9. The third-order valence-electron chi connectivity index (χ3n) is 2.66. The SMILES string of the molecule is OC(Cc1cccc(Br)c1)CC1CC1. The van der Waals surface area contributed by atoms with Crippen LogP contribution in [0.4, 0.5) is 0 Å². The van der Waals surface area contributed by atoms with Gasteiger partial charge in [0.1, 0.15) is 0 Å². The fraction of sp³-hybridized carbons (Fsp3) is 0.500. The normalized spacial score (nSPS) is 18.1. The third kappa shape index (κ3) is 3.10. The monoisotopic (exact) mass is 254 g/mol. The zero-order valence-corrected chi connectivity index (χ0v) is 9.70. The molecule has 0 amide bonds. The second kappa shape index (κ2) is 4.45. The van der Waals surface area contributed by atoms with Crippen LogP contribution in [-0.4, -0.2) is 11.2 Å². The smallest absolute Gasteiger partial charge is 0.0583 e. The zero-order chi connectivity index (χ0) is 9.97. The van der Waals surface area contributed by atoms with Gasteiger partial charge in [-0.1, -0.05) is 40.9 Å². The summed E-state index contributed by atoms with van der Waals surface area (Å²) in [5.74, 6) is 0.803. The Hall–Kier alpha value is -0.340. The Morgan fingerprint density at radius 3 is 2.86 bits per heavy atom. The van der Waals surface area contributed by atoms with Crippen molar-refractivity contribution in [2.24, 2.45) is 5.92 Å². The zero-order valence-electron chi connectivity index (χ0n) is 8.12. The Morgan fingerprint density at radius 1 is 1.43 bits per heavy atom. The summed E-state index contributed by atoms with van der Waals surface area (Å²) in [6.45, 7) is 0. The van der Waals surface area contributed by atoms with Crippen LogP contribution in [0.5, 0.6) is 0 Å². The highest BCUT2D eigenvalue weighted by molar-refractivity contribution is 9.10. The molecule has 0 aromatic heterocycles. The molecule has 2 heteroatoms. The lowest BCUT2D eigenvalue weighted by Gasteiger charge is -2.09. The van der Waals surface area contributed by atoms with Gasteiger partial charge >= 0.3 is 0 Å². The van der Waals surface area contributed by atoms with Crippen LogP contribution in [0, 0.1) is 5.92 Å². The van der Waals surface area contributed by atoms with Gasteiger partial charge in [-0.2, -0.15) is 0 Å². The van der Waals surface area contributed by atoms with E-state index in [0.29, 0.717) is 0 Å². The van der Waals surface area contributed by atoms with Gasteiger partial charge in [-0.3, -0.25) is 0 Å².